The molecule has 0 spiro atoms. The Bertz CT molecular complexity index is 450. The Kier molecular flexibility index (Phi) is 4.23. The molecule has 0 N–H and O–H groups in total. The van der Waals surface area contributed by atoms with E-state index in [1.54, 1.807) is 11.2 Å². The number of ether oxygens (including phenoxy) is 1. The normalized spacial score (nSPS) is 20.4. The summed E-state index contributed by atoms with van der Waals surface area (Å²) in [5.41, 5.74) is 0.697. The van der Waals surface area contributed by atoms with E-state index in [9.17, 15) is 4.79 Å². The van der Waals surface area contributed by atoms with Crippen molar-refractivity contribution in [3.8, 4) is 0 Å². The molecule has 0 aliphatic carbocycles. The molecule has 1 aromatic heterocycles. The van der Waals surface area contributed by atoms with E-state index in [-0.39, 0.29) is 6.09 Å². The number of carbonyl (C=O) groups excluding carboxylic acids is 1. The Morgan fingerprint density at radius 2 is 2.26 bits per heavy atom. The van der Waals surface area contributed by atoms with Crippen molar-refractivity contribution < 1.29 is 13.9 Å². The summed E-state index contributed by atoms with van der Waals surface area (Å²) in [7, 11) is 0. The van der Waals surface area contributed by atoms with E-state index < -0.39 is 5.60 Å². The van der Waals surface area contributed by atoms with Crippen molar-refractivity contribution in [2.75, 3.05) is 13.1 Å². The fraction of sp³-hybridized carbons (Fsp3) is 0.643. The number of likely N-dealkylation sites (tertiary alicyclic amines) is 1. The molecule has 1 saturated heterocycles. The molecule has 2 rings (SSSR count). The molecule has 1 aliphatic rings. The Morgan fingerprint density at radius 1 is 1.53 bits per heavy atom. The van der Waals surface area contributed by atoms with E-state index in [4.69, 9.17) is 9.15 Å². The monoisotopic (exact) mass is 329 g/mol. The highest BCUT2D eigenvalue weighted by Gasteiger charge is 2.28. The van der Waals surface area contributed by atoms with Gasteiger partial charge in [0.05, 0.1) is 6.26 Å². The van der Waals surface area contributed by atoms with Gasteiger partial charge in [0.25, 0.3) is 0 Å². The number of hydrogen-bond donors (Lipinski definition) is 0. The summed E-state index contributed by atoms with van der Waals surface area (Å²) in [4.78, 5) is 13.9. The zero-order chi connectivity index (χ0) is 14.0. The zero-order valence-electron chi connectivity index (χ0n) is 11.6. The van der Waals surface area contributed by atoms with Crippen LogP contribution in [0.4, 0.5) is 4.79 Å². The number of hydrogen-bond acceptors (Lipinski definition) is 3. The Hall–Kier alpha value is -0.970. The maximum Gasteiger partial charge on any atom is 0.410 e. The number of halogens is 1. The minimum Gasteiger partial charge on any atom is -0.457 e. The number of amides is 1. The van der Waals surface area contributed by atoms with Gasteiger partial charge >= 0.3 is 6.09 Å². The van der Waals surface area contributed by atoms with Crippen LogP contribution in [0.15, 0.2) is 21.4 Å². The Morgan fingerprint density at radius 3 is 2.84 bits per heavy atom. The van der Waals surface area contributed by atoms with Crippen LogP contribution in [0.25, 0.3) is 0 Å². The largest absolute Gasteiger partial charge is 0.457 e. The van der Waals surface area contributed by atoms with Crippen LogP contribution in [0.1, 0.15) is 45.1 Å². The van der Waals surface area contributed by atoms with Gasteiger partial charge in [-0.15, -0.1) is 0 Å². The van der Waals surface area contributed by atoms with Gasteiger partial charge in [-0.25, -0.2) is 4.79 Å². The van der Waals surface area contributed by atoms with Crippen LogP contribution in [-0.2, 0) is 4.74 Å². The Balaban J connectivity index is 1.99. The molecule has 4 nitrogen and oxygen atoms in total. The lowest BCUT2D eigenvalue weighted by atomic mass is 9.93. The molecule has 1 amide bonds. The zero-order valence-corrected chi connectivity index (χ0v) is 13.2. The molecule has 1 aromatic rings. The molecule has 1 unspecified atom stereocenters. The van der Waals surface area contributed by atoms with Gasteiger partial charge in [-0.05, 0) is 61.2 Å². The number of piperidine rings is 1. The molecular weight excluding hydrogens is 310 g/mol. The minimum absolute atomic E-state index is 0.222. The fourth-order valence-electron chi connectivity index (χ4n) is 2.28. The molecule has 19 heavy (non-hydrogen) atoms. The number of furan rings is 1. The van der Waals surface area contributed by atoms with Crippen molar-refractivity contribution in [1.29, 1.82) is 0 Å². The van der Waals surface area contributed by atoms with Gasteiger partial charge in [0.15, 0.2) is 4.67 Å². The third kappa shape index (κ3) is 4.00. The predicted molar refractivity (Wildman–Crippen MR) is 76.2 cm³/mol. The number of carbonyl (C=O) groups is 1. The summed E-state index contributed by atoms with van der Waals surface area (Å²) >= 11 is 3.31. The molecule has 5 heteroatoms. The predicted octanol–water partition coefficient (Wildman–Crippen LogP) is 4.16. The van der Waals surface area contributed by atoms with Gasteiger partial charge in [0.2, 0.25) is 0 Å². The van der Waals surface area contributed by atoms with Crippen molar-refractivity contribution in [2.45, 2.75) is 45.1 Å². The van der Waals surface area contributed by atoms with Gasteiger partial charge in [0, 0.05) is 19.0 Å². The number of nitrogens with zero attached hydrogens (tertiary/aromatic N) is 1. The highest BCUT2D eigenvalue weighted by atomic mass is 79.9. The van der Waals surface area contributed by atoms with E-state index in [1.165, 1.54) is 0 Å². The second kappa shape index (κ2) is 5.57. The molecule has 0 bridgehead atoms. The lowest BCUT2D eigenvalue weighted by Gasteiger charge is -2.33. The van der Waals surface area contributed by atoms with Crippen LogP contribution in [0, 0.1) is 0 Å². The van der Waals surface area contributed by atoms with Crippen LogP contribution >= 0.6 is 15.9 Å². The summed E-state index contributed by atoms with van der Waals surface area (Å²) < 4.78 is 11.4. The first-order valence-corrected chi connectivity index (χ1v) is 7.36. The molecule has 106 valence electrons. The van der Waals surface area contributed by atoms with Crippen molar-refractivity contribution in [3.63, 3.8) is 0 Å². The van der Waals surface area contributed by atoms with E-state index in [1.807, 2.05) is 26.8 Å². The standard InChI is InChI=1S/C14H20BrNO3/c1-14(2,3)19-13(17)16-6-4-5-10(8-16)11-7-12(15)18-9-11/h7,9-10H,4-6,8H2,1-3H3. The quantitative estimate of drug-likeness (QED) is 0.777. The molecular formula is C14H20BrNO3. The lowest BCUT2D eigenvalue weighted by molar-refractivity contribution is 0.0198. The average molecular weight is 330 g/mol. The first-order valence-electron chi connectivity index (χ1n) is 6.57. The highest BCUT2D eigenvalue weighted by Crippen LogP contribution is 2.30. The summed E-state index contributed by atoms with van der Waals surface area (Å²) in [6.45, 7) is 7.13. The van der Waals surface area contributed by atoms with Crippen LogP contribution in [0.3, 0.4) is 0 Å². The van der Waals surface area contributed by atoms with Gasteiger partial charge in [-0.2, -0.15) is 0 Å². The first-order chi connectivity index (χ1) is 8.85. The molecule has 0 saturated carbocycles. The smallest absolute Gasteiger partial charge is 0.410 e. The summed E-state index contributed by atoms with van der Waals surface area (Å²) in [6, 6.07) is 1.98. The van der Waals surface area contributed by atoms with E-state index in [2.05, 4.69) is 15.9 Å². The fourth-order valence-corrected chi connectivity index (χ4v) is 2.64. The van der Waals surface area contributed by atoms with E-state index in [0.29, 0.717) is 12.5 Å². The molecule has 1 fully saturated rings. The van der Waals surface area contributed by atoms with E-state index >= 15 is 0 Å². The lowest BCUT2D eigenvalue weighted by Crippen LogP contribution is -2.42. The second-order valence-electron chi connectivity index (χ2n) is 5.95. The maximum absolute atomic E-state index is 12.1. The van der Waals surface area contributed by atoms with Crippen molar-refractivity contribution in [3.05, 3.63) is 22.6 Å². The van der Waals surface area contributed by atoms with Crippen molar-refractivity contribution in [2.24, 2.45) is 0 Å². The molecule has 0 radical (unpaired) electrons. The van der Waals surface area contributed by atoms with Gasteiger partial charge in [-0.1, -0.05) is 0 Å². The van der Waals surface area contributed by atoms with Crippen LogP contribution < -0.4 is 0 Å². The van der Waals surface area contributed by atoms with Gasteiger partial charge in [0.1, 0.15) is 5.60 Å². The van der Waals surface area contributed by atoms with Gasteiger partial charge < -0.3 is 14.1 Å². The Labute approximate surface area is 122 Å². The highest BCUT2D eigenvalue weighted by molar-refractivity contribution is 9.10. The molecule has 0 aromatic carbocycles. The van der Waals surface area contributed by atoms with Crippen molar-refractivity contribution in [1.82, 2.24) is 4.90 Å². The molecule has 1 atom stereocenters. The SMILES string of the molecule is CC(C)(C)OC(=O)N1CCCC(c2coc(Br)c2)C1. The molecule has 1 aliphatic heterocycles. The van der Waals surface area contributed by atoms with Gasteiger partial charge in [-0.3, -0.25) is 0 Å². The topological polar surface area (TPSA) is 42.7 Å². The third-order valence-electron chi connectivity index (χ3n) is 3.13. The van der Waals surface area contributed by atoms with Crippen LogP contribution in [0.5, 0.6) is 0 Å². The van der Waals surface area contributed by atoms with E-state index in [0.717, 1.165) is 29.6 Å². The summed E-state index contributed by atoms with van der Waals surface area (Å²) in [5, 5.41) is 0. The van der Waals surface area contributed by atoms with Crippen LogP contribution in [-0.4, -0.2) is 29.7 Å². The maximum atomic E-state index is 12.1. The number of rotatable bonds is 1. The first kappa shape index (κ1) is 14.4. The van der Waals surface area contributed by atoms with Crippen LogP contribution in [0.2, 0.25) is 0 Å². The summed E-state index contributed by atoms with van der Waals surface area (Å²) in [6.07, 6.45) is 3.60. The third-order valence-corrected chi connectivity index (χ3v) is 3.55. The summed E-state index contributed by atoms with van der Waals surface area (Å²) in [5.74, 6) is 0.330. The molecule has 2 heterocycles. The minimum atomic E-state index is -0.442. The average Bonchev–Trinajstić information content (AvgIpc) is 2.74. The van der Waals surface area contributed by atoms with Crippen molar-refractivity contribution >= 4 is 22.0 Å². The second-order valence-corrected chi connectivity index (χ2v) is 6.73.